The zero-order valence-corrected chi connectivity index (χ0v) is 14.7. The molecule has 1 amide bonds. The molecule has 0 aliphatic carbocycles. The molecule has 2 heterocycles. The van der Waals surface area contributed by atoms with Gasteiger partial charge in [0.1, 0.15) is 12.3 Å². The molecule has 0 saturated carbocycles. The zero-order chi connectivity index (χ0) is 18.0. The maximum Gasteiger partial charge on any atom is 0.244 e. The van der Waals surface area contributed by atoms with Crippen LogP contribution < -0.4 is 15.4 Å². The highest BCUT2D eigenvalue weighted by atomic mass is 16.5. The molecular formula is C16H23N7O2. The van der Waals surface area contributed by atoms with Gasteiger partial charge in [-0.1, -0.05) is 17.2 Å². The number of piperazine rings is 1. The molecule has 0 atom stereocenters. The summed E-state index contributed by atoms with van der Waals surface area (Å²) in [7, 11) is 1.67. The summed E-state index contributed by atoms with van der Waals surface area (Å²) in [4.78, 5) is 16.7. The molecule has 1 saturated heterocycles. The Morgan fingerprint density at radius 1 is 1.32 bits per heavy atom. The van der Waals surface area contributed by atoms with Crippen molar-refractivity contribution in [2.75, 3.05) is 37.4 Å². The number of ether oxygens (including phenoxy) is 1. The topological polar surface area (TPSA) is 102 Å². The third-order valence-electron chi connectivity index (χ3n) is 4.48. The van der Waals surface area contributed by atoms with E-state index in [1.807, 2.05) is 29.2 Å². The first-order valence-electron chi connectivity index (χ1n) is 8.12. The fourth-order valence-corrected chi connectivity index (χ4v) is 3.22. The first kappa shape index (κ1) is 17.0. The van der Waals surface area contributed by atoms with E-state index in [1.54, 1.807) is 7.11 Å². The highest BCUT2D eigenvalue weighted by Gasteiger charge is 2.36. The fraction of sp³-hybridized carbons (Fsp3) is 0.500. The van der Waals surface area contributed by atoms with Crippen LogP contribution in [-0.2, 0) is 11.3 Å². The van der Waals surface area contributed by atoms with Crippen LogP contribution in [0.15, 0.2) is 24.3 Å². The number of rotatable bonds is 4. The zero-order valence-electron chi connectivity index (χ0n) is 14.7. The number of para-hydroxylation sites is 2. The van der Waals surface area contributed by atoms with Crippen molar-refractivity contribution in [3.8, 4) is 5.75 Å². The first-order chi connectivity index (χ1) is 11.9. The molecule has 2 aromatic rings. The highest BCUT2D eigenvalue weighted by Crippen LogP contribution is 2.34. The van der Waals surface area contributed by atoms with Crippen LogP contribution in [0.4, 0.5) is 11.6 Å². The third-order valence-corrected chi connectivity index (χ3v) is 4.48. The Hall–Kier alpha value is -2.84. The molecule has 1 aromatic carbocycles. The molecule has 134 valence electrons. The second kappa shape index (κ2) is 6.58. The van der Waals surface area contributed by atoms with Crippen LogP contribution in [0.3, 0.4) is 0 Å². The summed E-state index contributed by atoms with van der Waals surface area (Å²) in [5.74, 6) is 0.920. The van der Waals surface area contributed by atoms with Crippen LogP contribution >= 0.6 is 0 Å². The van der Waals surface area contributed by atoms with E-state index >= 15 is 0 Å². The summed E-state index contributed by atoms with van der Waals surface area (Å²) in [5.41, 5.74) is 6.43. The normalized spacial score (nSPS) is 16.8. The van der Waals surface area contributed by atoms with Gasteiger partial charge in [-0.2, -0.15) is 0 Å². The van der Waals surface area contributed by atoms with Crippen LogP contribution in [0.5, 0.6) is 5.75 Å². The summed E-state index contributed by atoms with van der Waals surface area (Å²) in [6.45, 7) is 6.19. The van der Waals surface area contributed by atoms with E-state index in [0.717, 1.165) is 11.4 Å². The predicted molar refractivity (Wildman–Crippen MR) is 93.2 cm³/mol. The Morgan fingerprint density at radius 3 is 2.72 bits per heavy atom. The standard InChI is InChI=1S/C16H23N7O2/c1-16(2)11-21(14(24)10-23-15(17)18-19-20-23)8-9-22(16)12-6-4-5-7-13(12)25-3/h4-7H,8-11H2,1-3H3,(H2,17,18,20). The molecule has 0 spiro atoms. The minimum Gasteiger partial charge on any atom is -0.495 e. The molecule has 9 heteroatoms. The third kappa shape index (κ3) is 3.35. The SMILES string of the molecule is COc1ccccc1N1CCN(C(=O)Cn2nnnc2N)CC1(C)C. The minimum atomic E-state index is -0.241. The lowest BCUT2D eigenvalue weighted by molar-refractivity contribution is -0.133. The maximum absolute atomic E-state index is 12.6. The number of anilines is 2. The number of aromatic nitrogens is 4. The van der Waals surface area contributed by atoms with Crippen LogP contribution in [0.1, 0.15) is 13.8 Å². The van der Waals surface area contributed by atoms with Crippen molar-refractivity contribution in [1.29, 1.82) is 0 Å². The number of tetrazole rings is 1. The first-order valence-corrected chi connectivity index (χ1v) is 8.12. The van der Waals surface area contributed by atoms with E-state index < -0.39 is 0 Å². The van der Waals surface area contributed by atoms with Gasteiger partial charge >= 0.3 is 0 Å². The molecule has 1 aliphatic heterocycles. The predicted octanol–water partition coefficient (Wildman–Crippen LogP) is 0.391. The van der Waals surface area contributed by atoms with E-state index in [0.29, 0.717) is 19.6 Å². The number of benzene rings is 1. The molecule has 0 bridgehead atoms. The fourth-order valence-electron chi connectivity index (χ4n) is 3.22. The molecule has 2 N–H and O–H groups in total. The van der Waals surface area contributed by atoms with Gasteiger partial charge in [-0.3, -0.25) is 4.79 Å². The second-order valence-corrected chi connectivity index (χ2v) is 6.65. The van der Waals surface area contributed by atoms with E-state index in [9.17, 15) is 4.79 Å². The van der Waals surface area contributed by atoms with Crippen molar-refractivity contribution >= 4 is 17.5 Å². The second-order valence-electron chi connectivity index (χ2n) is 6.65. The van der Waals surface area contributed by atoms with Gasteiger partial charge in [-0.15, -0.1) is 0 Å². The number of carbonyl (C=O) groups excluding carboxylic acids is 1. The van der Waals surface area contributed by atoms with Crippen molar-refractivity contribution in [2.24, 2.45) is 0 Å². The number of carbonyl (C=O) groups is 1. The lowest BCUT2D eigenvalue weighted by Crippen LogP contribution is -2.61. The van der Waals surface area contributed by atoms with E-state index in [2.05, 4.69) is 34.3 Å². The van der Waals surface area contributed by atoms with Crippen LogP contribution in [0.2, 0.25) is 0 Å². The Bertz CT molecular complexity index is 758. The molecular weight excluding hydrogens is 322 g/mol. The highest BCUT2D eigenvalue weighted by molar-refractivity contribution is 5.77. The van der Waals surface area contributed by atoms with Gasteiger partial charge in [0.2, 0.25) is 11.9 Å². The number of nitrogens with two attached hydrogens (primary N) is 1. The average molecular weight is 345 g/mol. The molecule has 1 fully saturated rings. The number of nitrogen functional groups attached to an aromatic ring is 1. The Balaban J connectivity index is 1.74. The van der Waals surface area contributed by atoms with Crippen molar-refractivity contribution < 1.29 is 9.53 Å². The van der Waals surface area contributed by atoms with Crippen molar-refractivity contribution in [1.82, 2.24) is 25.1 Å². The summed E-state index contributed by atoms with van der Waals surface area (Å²) in [5, 5.41) is 10.8. The van der Waals surface area contributed by atoms with Gasteiger partial charge in [-0.05, 0) is 36.4 Å². The quantitative estimate of drug-likeness (QED) is 0.855. The summed E-state index contributed by atoms with van der Waals surface area (Å²) in [6, 6.07) is 7.93. The van der Waals surface area contributed by atoms with Gasteiger partial charge in [-0.25, -0.2) is 4.68 Å². The molecule has 0 unspecified atom stereocenters. The maximum atomic E-state index is 12.6. The Morgan fingerprint density at radius 2 is 2.08 bits per heavy atom. The monoisotopic (exact) mass is 345 g/mol. The van der Waals surface area contributed by atoms with Gasteiger partial charge < -0.3 is 20.3 Å². The van der Waals surface area contributed by atoms with Crippen molar-refractivity contribution in [3.63, 3.8) is 0 Å². The van der Waals surface area contributed by atoms with E-state index in [-0.39, 0.29) is 23.9 Å². The molecule has 25 heavy (non-hydrogen) atoms. The number of hydrogen-bond acceptors (Lipinski definition) is 7. The van der Waals surface area contributed by atoms with Gasteiger partial charge in [0.05, 0.1) is 18.3 Å². The van der Waals surface area contributed by atoms with Crippen LogP contribution in [0, 0.1) is 0 Å². The number of amides is 1. The van der Waals surface area contributed by atoms with E-state index in [1.165, 1.54) is 4.68 Å². The smallest absolute Gasteiger partial charge is 0.244 e. The average Bonchev–Trinajstić information content (AvgIpc) is 2.99. The van der Waals surface area contributed by atoms with Gasteiger partial charge in [0.15, 0.2) is 0 Å². The lowest BCUT2D eigenvalue weighted by Gasteiger charge is -2.48. The van der Waals surface area contributed by atoms with Crippen LogP contribution in [0.25, 0.3) is 0 Å². The number of nitrogens with zero attached hydrogens (tertiary/aromatic N) is 6. The molecule has 1 aliphatic rings. The van der Waals surface area contributed by atoms with Crippen LogP contribution in [-0.4, -0.2) is 63.3 Å². The van der Waals surface area contributed by atoms with Crippen molar-refractivity contribution in [3.05, 3.63) is 24.3 Å². The number of methoxy groups -OCH3 is 1. The lowest BCUT2D eigenvalue weighted by atomic mass is 9.97. The summed E-state index contributed by atoms with van der Waals surface area (Å²) < 4.78 is 6.80. The summed E-state index contributed by atoms with van der Waals surface area (Å²) in [6.07, 6.45) is 0. The molecule has 1 aromatic heterocycles. The molecule has 9 nitrogen and oxygen atoms in total. The minimum absolute atomic E-state index is 0.0452. The summed E-state index contributed by atoms with van der Waals surface area (Å²) >= 11 is 0. The van der Waals surface area contributed by atoms with Gasteiger partial charge in [0.25, 0.3) is 0 Å². The van der Waals surface area contributed by atoms with Crippen molar-refractivity contribution in [2.45, 2.75) is 25.9 Å². The number of hydrogen-bond donors (Lipinski definition) is 1. The molecule has 0 radical (unpaired) electrons. The largest absolute Gasteiger partial charge is 0.495 e. The Labute approximate surface area is 146 Å². The van der Waals surface area contributed by atoms with Gasteiger partial charge in [0, 0.05) is 19.6 Å². The van der Waals surface area contributed by atoms with E-state index in [4.69, 9.17) is 10.5 Å². The Kier molecular flexibility index (Phi) is 4.47. The molecule has 3 rings (SSSR count).